The van der Waals surface area contributed by atoms with Gasteiger partial charge in [0.05, 0.1) is 18.8 Å². The molecule has 1 aliphatic heterocycles. The number of phenols is 1. The molecule has 1 saturated heterocycles. The minimum atomic E-state index is -0.548. The van der Waals surface area contributed by atoms with Crippen LogP contribution in [0.1, 0.15) is 16.8 Å². The predicted molar refractivity (Wildman–Crippen MR) is 75.6 cm³/mol. The van der Waals surface area contributed by atoms with Crippen molar-refractivity contribution < 1.29 is 19.4 Å². The Hall–Kier alpha value is -2.12. The number of morpholine rings is 1. The Kier molecular flexibility index (Phi) is 5.53. The van der Waals surface area contributed by atoms with Crippen LogP contribution >= 0.6 is 0 Å². The predicted octanol–water partition coefficient (Wildman–Crippen LogP) is -0.124. The van der Waals surface area contributed by atoms with Crippen molar-refractivity contribution in [2.24, 2.45) is 0 Å². The fraction of sp³-hybridized carbons (Fsp3) is 0.429. The standard InChI is InChI=1S/C14H19N3O4/c18-12-4-2-1-3-11(12)14(20)16-15-13(19)5-6-17-7-9-21-10-8-17/h1-4,18H,5-10H2,(H,15,19)(H,16,20). The van der Waals surface area contributed by atoms with Gasteiger partial charge in [-0.05, 0) is 12.1 Å². The first-order valence-corrected chi connectivity index (χ1v) is 6.84. The fourth-order valence-corrected chi connectivity index (χ4v) is 2.01. The molecule has 1 aliphatic rings. The summed E-state index contributed by atoms with van der Waals surface area (Å²) in [6, 6.07) is 6.14. The molecule has 1 heterocycles. The number of carbonyl (C=O) groups is 2. The Morgan fingerprint density at radius 1 is 1.19 bits per heavy atom. The van der Waals surface area contributed by atoms with Gasteiger partial charge in [0.2, 0.25) is 5.91 Å². The summed E-state index contributed by atoms with van der Waals surface area (Å²) >= 11 is 0. The molecule has 0 saturated carbocycles. The Morgan fingerprint density at radius 3 is 2.62 bits per heavy atom. The second kappa shape index (κ2) is 7.61. The topological polar surface area (TPSA) is 90.9 Å². The summed E-state index contributed by atoms with van der Waals surface area (Å²) in [7, 11) is 0. The maximum Gasteiger partial charge on any atom is 0.273 e. The molecule has 2 rings (SSSR count). The van der Waals surface area contributed by atoms with Gasteiger partial charge in [-0.25, -0.2) is 0 Å². The summed E-state index contributed by atoms with van der Waals surface area (Å²) in [4.78, 5) is 25.6. The zero-order valence-electron chi connectivity index (χ0n) is 11.7. The molecule has 0 bridgehead atoms. The van der Waals surface area contributed by atoms with E-state index < -0.39 is 5.91 Å². The van der Waals surface area contributed by atoms with Gasteiger partial charge in [-0.3, -0.25) is 25.3 Å². The first-order valence-electron chi connectivity index (χ1n) is 6.84. The van der Waals surface area contributed by atoms with Crippen LogP contribution in [0.3, 0.4) is 0 Å². The Labute approximate surface area is 122 Å². The Morgan fingerprint density at radius 2 is 1.90 bits per heavy atom. The number of ether oxygens (including phenoxy) is 1. The number of phenolic OH excluding ortho intramolecular Hbond substituents is 1. The lowest BCUT2D eigenvalue weighted by molar-refractivity contribution is -0.122. The second-order valence-electron chi connectivity index (χ2n) is 4.72. The van der Waals surface area contributed by atoms with E-state index in [0.717, 1.165) is 13.1 Å². The monoisotopic (exact) mass is 293 g/mol. The molecular formula is C14H19N3O4. The van der Waals surface area contributed by atoms with Gasteiger partial charge in [0.1, 0.15) is 5.75 Å². The lowest BCUT2D eigenvalue weighted by Crippen LogP contribution is -2.44. The van der Waals surface area contributed by atoms with Crippen molar-refractivity contribution in [3.8, 4) is 5.75 Å². The van der Waals surface area contributed by atoms with Crippen LogP contribution in [0.15, 0.2) is 24.3 Å². The summed E-state index contributed by atoms with van der Waals surface area (Å²) in [6.45, 7) is 3.63. The number of rotatable bonds is 4. The summed E-state index contributed by atoms with van der Waals surface area (Å²) < 4.78 is 5.22. The molecule has 0 spiro atoms. The van der Waals surface area contributed by atoms with Gasteiger partial charge in [0.25, 0.3) is 5.91 Å². The molecule has 1 aromatic rings. The number of amides is 2. The van der Waals surface area contributed by atoms with E-state index in [4.69, 9.17) is 4.74 Å². The summed E-state index contributed by atoms with van der Waals surface area (Å²) in [6.07, 6.45) is 0.293. The van der Waals surface area contributed by atoms with Gasteiger partial charge in [-0.15, -0.1) is 0 Å². The van der Waals surface area contributed by atoms with E-state index in [1.54, 1.807) is 12.1 Å². The SMILES string of the molecule is O=C(CCN1CCOCC1)NNC(=O)c1ccccc1O. The van der Waals surface area contributed by atoms with Crippen molar-refractivity contribution in [1.29, 1.82) is 0 Å². The van der Waals surface area contributed by atoms with Crippen LogP contribution in [0.5, 0.6) is 5.75 Å². The van der Waals surface area contributed by atoms with E-state index in [1.807, 2.05) is 0 Å². The third-order valence-electron chi connectivity index (χ3n) is 3.22. The molecule has 2 amide bonds. The van der Waals surface area contributed by atoms with E-state index in [-0.39, 0.29) is 17.2 Å². The van der Waals surface area contributed by atoms with Crippen molar-refractivity contribution in [3.63, 3.8) is 0 Å². The van der Waals surface area contributed by atoms with E-state index in [9.17, 15) is 14.7 Å². The number of carbonyl (C=O) groups excluding carboxylic acids is 2. The van der Waals surface area contributed by atoms with Gasteiger partial charge in [0.15, 0.2) is 0 Å². The highest BCUT2D eigenvalue weighted by atomic mass is 16.5. The molecule has 21 heavy (non-hydrogen) atoms. The quantitative estimate of drug-likeness (QED) is 0.673. The highest BCUT2D eigenvalue weighted by molar-refractivity contribution is 5.97. The third-order valence-corrected chi connectivity index (χ3v) is 3.22. The second-order valence-corrected chi connectivity index (χ2v) is 4.72. The third kappa shape index (κ3) is 4.73. The average Bonchev–Trinajstić information content (AvgIpc) is 2.52. The first kappa shape index (κ1) is 15.3. The molecule has 114 valence electrons. The summed E-state index contributed by atoms with van der Waals surface area (Å²) in [5.41, 5.74) is 4.74. The molecule has 0 unspecified atom stereocenters. The smallest absolute Gasteiger partial charge is 0.273 e. The highest BCUT2D eigenvalue weighted by Crippen LogP contribution is 2.14. The van der Waals surface area contributed by atoms with Crippen molar-refractivity contribution in [3.05, 3.63) is 29.8 Å². The molecule has 7 nitrogen and oxygen atoms in total. The molecule has 1 fully saturated rings. The maximum atomic E-state index is 11.8. The van der Waals surface area contributed by atoms with Crippen LogP contribution < -0.4 is 10.9 Å². The van der Waals surface area contributed by atoms with Crippen molar-refractivity contribution in [2.45, 2.75) is 6.42 Å². The number of hydrogen-bond donors (Lipinski definition) is 3. The van der Waals surface area contributed by atoms with Crippen molar-refractivity contribution in [1.82, 2.24) is 15.8 Å². The maximum absolute atomic E-state index is 11.8. The van der Waals surface area contributed by atoms with Gasteiger partial charge in [-0.2, -0.15) is 0 Å². The first-order chi connectivity index (χ1) is 10.2. The molecule has 0 aromatic heterocycles. The normalized spacial score (nSPS) is 15.4. The fourth-order valence-electron chi connectivity index (χ4n) is 2.01. The molecule has 0 aliphatic carbocycles. The largest absolute Gasteiger partial charge is 0.507 e. The average molecular weight is 293 g/mol. The summed E-state index contributed by atoms with van der Waals surface area (Å²) in [5, 5.41) is 9.53. The minimum absolute atomic E-state index is 0.117. The van der Waals surface area contributed by atoms with Gasteiger partial charge in [-0.1, -0.05) is 12.1 Å². The van der Waals surface area contributed by atoms with Crippen molar-refractivity contribution in [2.75, 3.05) is 32.8 Å². The number of hydrazine groups is 1. The molecule has 0 radical (unpaired) electrons. The van der Waals surface area contributed by atoms with Crippen LogP contribution in [0, 0.1) is 0 Å². The highest BCUT2D eigenvalue weighted by Gasteiger charge is 2.13. The van der Waals surface area contributed by atoms with E-state index in [0.29, 0.717) is 26.2 Å². The van der Waals surface area contributed by atoms with Crippen LogP contribution in [-0.2, 0) is 9.53 Å². The Bertz CT molecular complexity index is 501. The number of nitrogens with one attached hydrogen (secondary N) is 2. The van der Waals surface area contributed by atoms with Gasteiger partial charge in [0, 0.05) is 26.1 Å². The zero-order valence-corrected chi connectivity index (χ0v) is 11.7. The molecule has 7 heteroatoms. The van der Waals surface area contributed by atoms with Crippen LogP contribution in [-0.4, -0.2) is 54.7 Å². The van der Waals surface area contributed by atoms with Crippen molar-refractivity contribution >= 4 is 11.8 Å². The lowest BCUT2D eigenvalue weighted by Gasteiger charge is -2.26. The summed E-state index contributed by atoms with van der Waals surface area (Å²) in [5.74, 6) is -0.948. The van der Waals surface area contributed by atoms with Crippen LogP contribution in [0.25, 0.3) is 0 Å². The number of para-hydroxylation sites is 1. The van der Waals surface area contributed by atoms with E-state index in [1.165, 1.54) is 12.1 Å². The molecule has 0 atom stereocenters. The molecular weight excluding hydrogens is 274 g/mol. The van der Waals surface area contributed by atoms with Crippen LogP contribution in [0.4, 0.5) is 0 Å². The van der Waals surface area contributed by atoms with Crippen LogP contribution in [0.2, 0.25) is 0 Å². The number of nitrogens with zero attached hydrogens (tertiary/aromatic N) is 1. The van der Waals surface area contributed by atoms with Gasteiger partial charge < -0.3 is 9.84 Å². The van der Waals surface area contributed by atoms with E-state index >= 15 is 0 Å². The molecule has 3 N–H and O–H groups in total. The zero-order chi connectivity index (χ0) is 15.1. The lowest BCUT2D eigenvalue weighted by atomic mass is 10.2. The molecule has 1 aromatic carbocycles. The Balaban J connectivity index is 1.71. The number of hydrogen-bond acceptors (Lipinski definition) is 5. The minimum Gasteiger partial charge on any atom is -0.507 e. The number of aromatic hydroxyl groups is 1. The van der Waals surface area contributed by atoms with E-state index in [2.05, 4.69) is 15.8 Å². The number of benzene rings is 1. The van der Waals surface area contributed by atoms with Gasteiger partial charge >= 0.3 is 0 Å².